The molecule has 4 heteroatoms. The van der Waals surface area contributed by atoms with Gasteiger partial charge in [0, 0.05) is 14.1 Å². The summed E-state index contributed by atoms with van der Waals surface area (Å²) >= 11 is 4.98. The maximum atomic E-state index is 13.7. The van der Waals surface area contributed by atoms with Gasteiger partial charge in [0.05, 0.1) is 0 Å². The van der Waals surface area contributed by atoms with Crippen LogP contribution in [-0.2, 0) is 12.8 Å². The average Bonchev–Trinajstić information content (AvgIpc) is 2.65. The zero-order valence-electron chi connectivity index (χ0n) is 9.42. The van der Waals surface area contributed by atoms with Crippen LogP contribution in [0.3, 0.4) is 0 Å². The molecule has 0 bridgehead atoms. The Hall–Kier alpha value is -1.16. The molecule has 16 heavy (non-hydrogen) atoms. The van der Waals surface area contributed by atoms with Crippen LogP contribution in [0.5, 0.6) is 5.75 Å². The molecule has 1 aliphatic carbocycles. The van der Waals surface area contributed by atoms with Crippen molar-refractivity contribution in [2.45, 2.75) is 19.3 Å². The van der Waals surface area contributed by atoms with Gasteiger partial charge in [-0.2, -0.15) is 0 Å². The Labute approximate surface area is 100 Å². The molecule has 0 amide bonds. The minimum absolute atomic E-state index is 0.236. The van der Waals surface area contributed by atoms with E-state index in [9.17, 15) is 4.39 Å². The molecule has 0 saturated carbocycles. The molecule has 0 spiro atoms. The number of thiocarbonyl (C=S) groups is 1. The highest BCUT2D eigenvalue weighted by Crippen LogP contribution is 2.29. The molecule has 1 aliphatic rings. The summed E-state index contributed by atoms with van der Waals surface area (Å²) in [6, 6.07) is 3.34. The van der Waals surface area contributed by atoms with Gasteiger partial charge in [-0.05, 0) is 54.7 Å². The Morgan fingerprint density at radius 3 is 2.56 bits per heavy atom. The standard InChI is InChI=1S/C12H14FNOS/c1-14(2)12(16)15-11-7-9-5-3-4-8(9)6-10(11)13/h6-7H,3-5H2,1-2H3. The summed E-state index contributed by atoms with van der Waals surface area (Å²) in [5, 5.41) is 0.275. The van der Waals surface area contributed by atoms with E-state index in [1.165, 1.54) is 5.56 Å². The topological polar surface area (TPSA) is 12.5 Å². The van der Waals surface area contributed by atoms with E-state index >= 15 is 0 Å². The normalized spacial score (nSPS) is 13.4. The van der Waals surface area contributed by atoms with E-state index in [1.54, 1.807) is 31.1 Å². The zero-order valence-corrected chi connectivity index (χ0v) is 10.2. The monoisotopic (exact) mass is 239 g/mol. The smallest absolute Gasteiger partial charge is 0.264 e. The number of rotatable bonds is 1. The largest absolute Gasteiger partial charge is 0.429 e. The van der Waals surface area contributed by atoms with Crippen LogP contribution >= 0.6 is 12.2 Å². The Bertz CT molecular complexity index is 431. The molecular formula is C12H14FNOS. The Morgan fingerprint density at radius 1 is 1.31 bits per heavy atom. The number of fused-ring (bicyclic) bond motifs is 1. The molecule has 0 radical (unpaired) electrons. The molecule has 1 aromatic rings. The first-order chi connectivity index (χ1) is 7.58. The van der Waals surface area contributed by atoms with Gasteiger partial charge >= 0.3 is 0 Å². The molecule has 86 valence electrons. The predicted octanol–water partition coefficient (Wildman–Crippen LogP) is 2.54. The third kappa shape index (κ3) is 2.16. The highest BCUT2D eigenvalue weighted by atomic mass is 32.1. The van der Waals surface area contributed by atoms with Crippen LogP contribution in [0.2, 0.25) is 0 Å². The van der Waals surface area contributed by atoms with Crippen LogP contribution in [0.4, 0.5) is 4.39 Å². The zero-order chi connectivity index (χ0) is 11.7. The van der Waals surface area contributed by atoms with Crippen LogP contribution in [-0.4, -0.2) is 24.2 Å². The van der Waals surface area contributed by atoms with Crippen molar-refractivity contribution in [1.29, 1.82) is 0 Å². The number of benzene rings is 1. The fourth-order valence-corrected chi connectivity index (χ4v) is 1.92. The van der Waals surface area contributed by atoms with Crippen LogP contribution in [0.15, 0.2) is 12.1 Å². The fraction of sp³-hybridized carbons (Fsp3) is 0.417. The molecule has 0 fully saturated rings. The maximum Gasteiger partial charge on any atom is 0.264 e. The molecule has 0 unspecified atom stereocenters. The molecule has 0 atom stereocenters. The van der Waals surface area contributed by atoms with Crippen molar-refractivity contribution >= 4 is 17.4 Å². The van der Waals surface area contributed by atoms with Gasteiger partial charge < -0.3 is 9.64 Å². The summed E-state index contributed by atoms with van der Waals surface area (Å²) in [6.07, 6.45) is 3.06. The maximum absolute atomic E-state index is 13.7. The van der Waals surface area contributed by atoms with Crippen LogP contribution in [0.1, 0.15) is 17.5 Å². The third-order valence-electron chi connectivity index (χ3n) is 2.71. The van der Waals surface area contributed by atoms with Gasteiger partial charge in [-0.1, -0.05) is 0 Å². The van der Waals surface area contributed by atoms with E-state index < -0.39 is 0 Å². The van der Waals surface area contributed by atoms with Gasteiger partial charge in [-0.3, -0.25) is 0 Å². The van der Waals surface area contributed by atoms with Gasteiger partial charge in [0.25, 0.3) is 5.17 Å². The first kappa shape index (κ1) is 11.3. The van der Waals surface area contributed by atoms with Crippen molar-refractivity contribution in [3.05, 3.63) is 29.1 Å². The van der Waals surface area contributed by atoms with Crippen LogP contribution in [0.25, 0.3) is 0 Å². The summed E-state index contributed by atoms with van der Waals surface area (Å²) in [4.78, 5) is 1.64. The summed E-state index contributed by atoms with van der Waals surface area (Å²) in [5.41, 5.74) is 2.28. The van der Waals surface area contributed by atoms with Crippen LogP contribution in [0, 0.1) is 5.82 Å². The van der Waals surface area contributed by atoms with Crippen molar-refractivity contribution < 1.29 is 9.13 Å². The minimum atomic E-state index is -0.329. The number of aryl methyl sites for hydroxylation is 2. The second kappa shape index (κ2) is 4.37. The van der Waals surface area contributed by atoms with Crippen molar-refractivity contribution in [1.82, 2.24) is 4.90 Å². The SMILES string of the molecule is CN(C)C(=S)Oc1cc2c(cc1F)CCC2. The first-order valence-electron chi connectivity index (χ1n) is 5.28. The molecule has 2 rings (SSSR count). The van der Waals surface area contributed by atoms with Crippen molar-refractivity contribution in [2.75, 3.05) is 14.1 Å². The molecule has 2 nitrogen and oxygen atoms in total. The predicted molar refractivity (Wildman–Crippen MR) is 65.3 cm³/mol. The lowest BCUT2D eigenvalue weighted by molar-refractivity contribution is 0.425. The van der Waals surface area contributed by atoms with E-state index in [1.807, 2.05) is 0 Å². The lowest BCUT2D eigenvalue weighted by Gasteiger charge is -2.15. The minimum Gasteiger partial charge on any atom is -0.429 e. The van der Waals surface area contributed by atoms with Gasteiger partial charge in [0.2, 0.25) is 0 Å². The molecule has 1 aromatic carbocycles. The quantitative estimate of drug-likeness (QED) is 0.699. The highest BCUT2D eigenvalue weighted by molar-refractivity contribution is 7.80. The van der Waals surface area contributed by atoms with Crippen molar-refractivity contribution in [3.63, 3.8) is 0 Å². The number of hydrogen-bond acceptors (Lipinski definition) is 2. The average molecular weight is 239 g/mol. The number of ether oxygens (including phenoxy) is 1. The number of hydrogen-bond donors (Lipinski definition) is 0. The summed E-state index contributed by atoms with van der Waals surface area (Å²) < 4.78 is 19.0. The third-order valence-corrected chi connectivity index (χ3v) is 3.16. The van der Waals surface area contributed by atoms with Gasteiger partial charge in [0.1, 0.15) is 0 Å². The first-order valence-corrected chi connectivity index (χ1v) is 5.69. The molecule has 0 aromatic heterocycles. The van der Waals surface area contributed by atoms with E-state index in [-0.39, 0.29) is 16.7 Å². The molecule has 0 saturated heterocycles. The Balaban J connectivity index is 2.25. The molecule has 0 heterocycles. The van der Waals surface area contributed by atoms with E-state index in [0.29, 0.717) is 0 Å². The van der Waals surface area contributed by atoms with Crippen molar-refractivity contribution in [3.8, 4) is 5.75 Å². The second-order valence-corrected chi connectivity index (χ2v) is 4.52. The van der Waals surface area contributed by atoms with E-state index in [4.69, 9.17) is 17.0 Å². The fourth-order valence-electron chi connectivity index (χ4n) is 1.83. The van der Waals surface area contributed by atoms with Gasteiger partial charge in [-0.15, -0.1) is 0 Å². The molecule has 0 aliphatic heterocycles. The van der Waals surface area contributed by atoms with Crippen LogP contribution < -0.4 is 4.74 Å². The Morgan fingerprint density at radius 2 is 1.94 bits per heavy atom. The van der Waals surface area contributed by atoms with Gasteiger partial charge in [0.15, 0.2) is 11.6 Å². The van der Waals surface area contributed by atoms with Crippen molar-refractivity contribution in [2.24, 2.45) is 0 Å². The molecular weight excluding hydrogens is 225 g/mol. The highest BCUT2D eigenvalue weighted by Gasteiger charge is 2.16. The lowest BCUT2D eigenvalue weighted by atomic mass is 10.1. The number of nitrogens with zero attached hydrogens (tertiary/aromatic N) is 1. The van der Waals surface area contributed by atoms with E-state index in [2.05, 4.69) is 0 Å². The number of halogens is 1. The molecule has 0 N–H and O–H groups in total. The summed E-state index contributed by atoms with van der Waals surface area (Å²) in [7, 11) is 3.54. The Kier molecular flexibility index (Phi) is 3.10. The second-order valence-electron chi connectivity index (χ2n) is 4.17. The van der Waals surface area contributed by atoms with Gasteiger partial charge in [-0.25, -0.2) is 4.39 Å². The van der Waals surface area contributed by atoms with E-state index in [0.717, 1.165) is 24.8 Å². The summed E-state index contributed by atoms with van der Waals surface area (Å²) in [6.45, 7) is 0. The summed E-state index contributed by atoms with van der Waals surface area (Å²) in [5.74, 6) is -0.0933. The lowest BCUT2D eigenvalue weighted by Crippen LogP contribution is -2.25.